The molecule has 0 saturated heterocycles. The van der Waals surface area contributed by atoms with Gasteiger partial charge >= 0.3 is 6.03 Å². The Bertz CT molecular complexity index is 405. The van der Waals surface area contributed by atoms with Gasteiger partial charge in [0.15, 0.2) is 0 Å². The molecule has 0 bridgehead atoms. The van der Waals surface area contributed by atoms with Gasteiger partial charge in [-0.1, -0.05) is 13.0 Å². The fourth-order valence-corrected chi connectivity index (χ4v) is 2.31. The van der Waals surface area contributed by atoms with Crippen LogP contribution >= 0.6 is 0 Å². The van der Waals surface area contributed by atoms with Crippen molar-refractivity contribution in [3.63, 3.8) is 0 Å². The summed E-state index contributed by atoms with van der Waals surface area (Å²) < 4.78 is 0. The molecule has 0 heterocycles. The number of amides is 2. The van der Waals surface area contributed by atoms with Crippen LogP contribution in [-0.4, -0.2) is 12.1 Å². The number of rotatable bonds is 2. The lowest BCUT2D eigenvalue weighted by Crippen LogP contribution is -2.36. The second-order valence-electron chi connectivity index (χ2n) is 4.84. The summed E-state index contributed by atoms with van der Waals surface area (Å²) in [4.78, 5) is 11.7. The van der Waals surface area contributed by atoms with Crippen LogP contribution in [0.25, 0.3) is 0 Å². The fourth-order valence-electron chi connectivity index (χ4n) is 2.31. The predicted octanol–water partition coefficient (Wildman–Crippen LogP) is 2.58. The van der Waals surface area contributed by atoms with Crippen molar-refractivity contribution in [3.05, 3.63) is 24.3 Å². The van der Waals surface area contributed by atoms with E-state index < -0.39 is 0 Å². The van der Waals surface area contributed by atoms with Crippen LogP contribution in [0.5, 0.6) is 0 Å². The lowest BCUT2D eigenvalue weighted by atomic mass is 10.1. The van der Waals surface area contributed by atoms with Gasteiger partial charge in [0.05, 0.1) is 0 Å². The van der Waals surface area contributed by atoms with Crippen LogP contribution in [0.15, 0.2) is 24.3 Å². The number of hydrogen-bond donors (Lipinski definition) is 3. The molecule has 4 nitrogen and oxygen atoms in total. The zero-order valence-corrected chi connectivity index (χ0v) is 10.1. The van der Waals surface area contributed by atoms with Gasteiger partial charge in [0, 0.05) is 17.4 Å². The summed E-state index contributed by atoms with van der Waals surface area (Å²) in [5.41, 5.74) is 7.02. The summed E-state index contributed by atoms with van der Waals surface area (Å²) in [6, 6.07) is 7.36. The van der Waals surface area contributed by atoms with Crippen molar-refractivity contribution in [2.24, 2.45) is 5.92 Å². The van der Waals surface area contributed by atoms with E-state index in [1.807, 2.05) is 12.1 Å². The number of carbonyl (C=O) groups is 1. The number of benzene rings is 1. The molecule has 2 unspecified atom stereocenters. The summed E-state index contributed by atoms with van der Waals surface area (Å²) in [6.07, 6.45) is 3.35. The minimum atomic E-state index is -0.144. The maximum absolute atomic E-state index is 11.7. The monoisotopic (exact) mass is 233 g/mol. The first-order valence-electron chi connectivity index (χ1n) is 6.06. The fraction of sp³-hybridized carbons (Fsp3) is 0.462. The summed E-state index contributed by atoms with van der Waals surface area (Å²) >= 11 is 0. The van der Waals surface area contributed by atoms with Gasteiger partial charge in [-0.15, -0.1) is 0 Å². The van der Waals surface area contributed by atoms with E-state index in [1.165, 1.54) is 6.42 Å². The summed E-state index contributed by atoms with van der Waals surface area (Å²) in [5.74, 6) is 0.715. The summed E-state index contributed by atoms with van der Waals surface area (Å²) in [6.45, 7) is 2.22. The SMILES string of the molecule is CC1CCC(NC(=O)Nc2cccc(N)c2)C1. The van der Waals surface area contributed by atoms with Crippen LogP contribution in [0.1, 0.15) is 26.2 Å². The van der Waals surface area contributed by atoms with E-state index in [0.29, 0.717) is 17.6 Å². The zero-order chi connectivity index (χ0) is 12.3. The second-order valence-corrected chi connectivity index (χ2v) is 4.84. The van der Waals surface area contributed by atoms with Gasteiger partial charge in [-0.25, -0.2) is 4.79 Å². The van der Waals surface area contributed by atoms with Crippen LogP contribution in [0, 0.1) is 5.92 Å². The zero-order valence-electron chi connectivity index (χ0n) is 10.1. The van der Waals surface area contributed by atoms with E-state index in [-0.39, 0.29) is 6.03 Å². The minimum Gasteiger partial charge on any atom is -0.399 e. The number of anilines is 2. The molecular weight excluding hydrogens is 214 g/mol. The number of carbonyl (C=O) groups excluding carboxylic acids is 1. The Morgan fingerprint density at radius 2 is 2.24 bits per heavy atom. The van der Waals surface area contributed by atoms with Crippen molar-refractivity contribution in [2.45, 2.75) is 32.2 Å². The molecule has 92 valence electrons. The Kier molecular flexibility index (Phi) is 3.52. The van der Waals surface area contributed by atoms with E-state index in [0.717, 1.165) is 18.5 Å². The number of urea groups is 1. The van der Waals surface area contributed by atoms with E-state index in [1.54, 1.807) is 12.1 Å². The average molecular weight is 233 g/mol. The molecule has 1 aromatic carbocycles. The average Bonchev–Trinajstić information content (AvgIpc) is 2.63. The van der Waals surface area contributed by atoms with E-state index >= 15 is 0 Å². The van der Waals surface area contributed by atoms with Gasteiger partial charge in [0.2, 0.25) is 0 Å². The van der Waals surface area contributed by atoms with Crippen LogP contribution < -0.4 is 16.4 Å². The quantitative estimate of drug-likeness (QED) is 0.687. The molecule has 0 aromatic heterocycles. The molecular formula is C13H19N3O. The van der Waals surface area contributed by atoms with Crippen molar-refractivity contribution in [1.29, 1.82) is 0 Å². The molecule has 1 aliphatic rings. The molecule has 17 heavy (non-hydrogen) atoms. The largest absolute Gasteiger partial charge is 0.399 e. The van der Waals surface area contributed by atoms with Crippen molar-refractivity contribution in [2.75, 3.05) is 11.1 Å². The number of nitrogens with one attached hydrogen (secondary N) is 2. The molecule has 1 saturated carbocycles. The third-order valence-electron chi connectivity index (χ3n) is 3.17. The maximum Gasteiger partial charge on any atom is 0.319 e. The van der Waals surface area contributed by atoms with Gasteiger partial charge < -0.3 is 16.4 Å². The Balaban J connectivity index is 1.85. The third-order valence-corrected chi connectivity index (χ3v) is 3.17. The van der Waals surface area contributed by atoms with Crippen molar-refractivity contribution in [1.82, 2.24) is 5.32 Å². The van der Waals surface area contributed by atoms with Gasteiger partial charge in [-0.2, -0.15) is 0 Å². The molecule has 0 spiro atoms. The number of hydrogen-bond acceptors (Lipinski definition) is 2. The Morgan fingerprint density at radius 3 is 2.88 bits per heavy atom. The van der Waals surface area contributed by atoms with Crippen molar-refractivity contribution >= 4 is 17.4 Å². The topological polar surface area (TPSA) is 67.2 Å². The highest BCUT2D eigenvalue weighted by Crippen LogP contribution is 2.24. The van der Waals surface area contributed by atoms with Crippen LogP contribution in [0.4, 0.5) is 16.2 Å². The highest BCUT2D eigenvalue weighted by Gasteiger charge is 2.22. The first kappa shape index (κ1) is 11.8. The molecule has 4 heteroatoms. The maximum atomic E-state index is 11.7. The molecule has 1 aliphatic carbocycles. The molecule has 1 aromatic rings. The molecule has 0 radical (unpaired) electrons. The van der Waals surface area contributed by atoms with Gasteiger partial charge in [0.1, 0.15) is 0 Å². The highest BCUT2D eigenvalue weighted by molar-refractivity contribution is 5.89. The van der Waals surface area contributed by atoms with E-state index in [9.17, 15) is 4.79 Å². The third kappa shape index (κ3) is 3.37. The lowest BCUT2D eigenvalue weighted by molar-refractivity contribution is 0.248. The molecule has 4 N–H and O–H groups in total. The van der Waals surface area contributed by atoms with Gasteiger partial charge in [0.25, 0.3) is 0 Å². The van der Waals surface area contributed by atoms with Crippen LogP contribution in [0.3, 0.4) is 0 Å². The van der Waals surface area contributed by atoms with Crippen LogP contribution in [0.2, 0.25) is 0 Å². The number of nitrogen functional groups attached to an aromatic ring is 1. The molecule has 2 rings (SSSR count). The van der Waals surface area contributed by atoms with Gasteiger partial charge in [-0.05, 0) is 43.4 Å². The van der Waals surface area contributed by atoms with E-state index in [4.69, 9.17) is 5.73 Å². The van der Waals surface area contributed by atoms with Crippen molar-refractivity contribution < 1.29 is 4.79 Å². The smallest absolute Gasteiger partial charge is 0.319 e. The van der Waals surface area contributed by atoms with E-state index in [2.05, 4.69) is 17.6 Å². The Labute approximate surface area is 102 Å². The Hall–Kier alpha value is -1.71. The normalized spacial score (nSPS) is 23.4. The van der Waals surface area contributed by atoms with Crippen LogP contribution in [-0.2, 0) is 0 Å². The highest BCUT2D eigenvalue weighted by atomic mass is 16.2. The molecule has 1 fully saturated rings. The first-order chi connectivity index (χ1) is 8.13. The van der Waals surface area contributed by atoms with Gasteiger partial charge in [-0.3, -0.25) is 0 Å². The minimum absolute atomic E-state index is 0.144. The summed E-state index contributed by atoms with van der Waals surface area (Å²) in [7, 11) is 0. The van der Waals surface area contributed by atoms with Crippen molar-refractivity contribution in [3.8, 4) is 0 Å². The molecule has 2 atom stereocenters. The lowest BCUT2D eigenvalue weighted by Gasteiger charge is -2.13. The number of nitrogens with two attached hydrogens (primary N) is 1. The molecule has 0 aliphatic heterocycles. The summed E-state index contributed by atoms with van der Waals surface area (Å²) in [5, 5.41) is 5.78. The second kappa shape index (κ2) is 5.08. The Morgan fingerprint density at radius 1 is 1.41 bits per heavy atom. The standard InChI is InChI=1S/C13H19N3O/c1-9-5-6-12(7-9)16-13(17)15-11-4-2-3-10(14)8-11/h2-4,8-9,12H,5-7,14H2,1H3,(H2,15,16,17). The first-order valence-corrected chi connectivity index (χ1v) is 6.06. The predicted molar refractivity (Wildman–Crippen MR) is 69.8 cm³/mol. The molecule has 2 amide bonds.